The van der Waals surface area contributed by atoms with Gasteiger partial charge in [-0.3, -0.25) is 9.69 Å². The van der Waals surface area contributed by atoms with Gasteiger partial charge in [-0.05, 0) is 34.0 Å². The maximum atomic E-state index is 10.8. The number of nitrogens with two attached hydrogens (primary N) is 1. The molecule has 0 heterocycles. The van der Waals surface area contributed by atoms with Crippen molar-refractivity contribution in [3.8, 4) is 0 Å². The van der Waals surface area contributed by atoms with Crippen LogP contribution in [-0.4, -0.2) is 42.2 Å². The van der Waals surface area contributed by atoms with Gasteiger partial charge >= 0.3 is 5.97 Å². The number of aliphatic carboxylic acids is 1. The first-order valence-electron chi connectivity index (χ1n) is 3.56. The fourth-order valence-electron chi connectivity index (χ4n) is 0.803. The van der Waals surface area contributed by atoms with Gasteiger partial charge in [0.15, 0.2) is 0 Å². The molecule has 0 aliphatic heterocycles. The fraction of sp³-hybridized carbons (Fsp3) is 0.857. The summed E-state index contributed by atoms with van der Waals surface area (Å²) in [4.78, 5) is 12.4. The molecule has 66 valence electrons. The minimum atomic E-state index is -0.826. The summed E-state index contributed by atoms with van der Waals surface area (Å²) < 4.78 is 0. The van der Waals surface area contributed by atoms with Crippen LogP contribution in [0.15, 0.2) is 0 Å². The van der Waals surface area contributed by atoms with Crippen LogP contribution < -0.4 is 5.73 Å². The van der Waals surface area contributed by atoms with Crippen LogP contribution in [0.3, 0.4) is 0 Å². The van der Waals surface area contributed by atoms with E-state index in [1.165, 1.54) is 0 Å². The second-order valence-corrected chi connectivity index (χ2v) is 3.01. The zero-order valence-electron chi connectivity index (χ0n) is 7.29. The summed E-state index contributed by atoms with van der Waals surface area (Å²) in [5.41, 5.74) is 4.48. The Balaban J connectivity index is 4.38. The third kappa shape index (κ3) is 2.17. The monoisotopic (exact) mass is 160 g/mol. The quantitative estimate of drug-likeness (QED) is 0.594. The maximum Gasteiger partial charge on any atom is 0.323 e. The van der Waals surface area contributed by atoms with Crippen LogP contribution in [0, 0.1) is 0 Å². The number of hydrogen-bond donors (Lipinski definition) is 2. The number of likely N-dealkylation sites (N-methyl/N-ethyl adjacent to an activating group) is 1. The molecule has 0 fully saturated rings. The van der Waals surface area contributed by atoms with E-state index in [1.807, 2.05) is 0 Å². The molecule has 0 aliphatic carbocycles. The van der Waals surface area contributed by atoms with Crippen LogP contribution in [-0.2, 0) is 4.79 Å². The molecule has 0 spiro atoms. The highest BCUT2D eigenvalue weighted by molar-refractivity contribution is 5.78. The van der Waals surface area contributed by atoms with Gasteiger partial charge in [-0.25, -0.2) is 0 Å². The van der Waals surface area contributed by atoms with Crippen molar-refractivity contribution >= 4 is 5.97 Å². The number of carbonyl (C=O) groups is 1. The van der Waals surface area contributed by atoms with Crippen molar-refractivity contribution in [2.45, 2.75) is 18.9 Å². The number of carboxylic acid groups (broad SMARTS) is 1. The number of hydrogen-bond acceptors (Lipinski definition) is 3. The lowest BCUT2D eigenvalue weighted by Gasteiger charge is -2.31. The van der Waals surface area contributed by atoms with E-state index in [1.54, 1.807) is 25.9 Å². The lowest BCUT2D eigenvalue weighted by Crippen LogP contribution is -2.49. The van der Waals surface area contributed by atoms with E-state index < -0.39 is 11.5 Å². The molecule has 4 heteroatoms. The van der Waals surface area contributed by atoms with Crippen molar-refractivity contribution in [2.75, 3.05) is 20.6 Å². The molecular formula is C7H16N2O2. The minimum Gasteiger partial charge on any atom is -0.480 e. The Labute approximate surface area is 67.0 Å². The van der Waals surface area contributed by atoms with Crippen molar-refractivity contribution in [3.63, 3.8) is 0 Å². The smallest absolute Gasteiger partial charge is 0.323 e. The summed E-state index contributed by atoms with van der Waals surface area (Å²) in [7, 11) is 3.48. The van der Waals surface area contributed by atoms with E-state index in [0.29, 0.717) is 13.0 Å². The molecule has 0 aromatic rings. The van der Waals surface area contributed by atoms with Crippen LogP contribution >= 0.6 is 0 Å². The predicted molar refractivity (Wildman–Crippen MR) is 43.4 cm³/mol. The molecule has 0 aromatic heterocycles. The molecule has 0 saturated carbocycles. The summed E-state index contributed by atoms with van der Waals surface area (Å²) >= 11 is 0. The summed E-state index contributed by atoms with van der Waals surface area (Å²) in [6.07, 6.45) is 0.468. The normalized spacial score (nSPS) is 16.5. The first-order chi connectivity index (χ1) is 4.95. The zero-order valence-corrected chi connectivity index (χ0v) is 7.29. The second-order valence-electron chi connectivity index (χ2n) is 3.01. The van der Waals surface area contributed by atoms with Crippen molar-refractivity contribution in [3.05, 3.63) is 0 Å². The molecule has 11 heavy (non-hydrogen) atoms. The van der Waals surface area contributed by atoms with Crippen LogP contribution in [0.1, 0.15) is 13.3 Å². The van der Waals surface area contributed by atoms with Gasteiger partial charge in [-0.15, -0.1) is 0 Å². The van der Waals surface area contributed by atoms with Gasteiger partial charge in [0, 0.05) is 0 Å². The predicted octanol–water partition coefficient (Wildman–Crippen LogP) is -0.260. The van der Waals surface area contributed by atoms with Gasteiger partial charge in [0.25, 0.3) is 0 Å². The molecule has 0 aliphatic rings. The van der Waals surface area contributed by atoms with Crippen molar-refractivity contribution in [1.29, 1.82) is 0 Å². The van der Waals surface area contributed by atoms with Crippen LogP contribution in [0.4, 0.5) is 0 Å². The molecule has 1 atom stereocenters. The van der Waals surface area contributed by atoms with E-state index in [-0.39, 0.29) is 0 Å². The van der Waals surface area contributed by atoms with E-state index in [4.69, 9.17) is 10.8 Å². The van der Waals surface area contributed by atoms with E-state index in [0.717, 1.165) is 0 Å². The Kier molecular flexibility index (Phi) is 3.48. The molecule has 0 rings (SSSR count). The maximum absolute atomic E-state index is 10.8. The summed E-state index contributed by atoms with van der Waals surface area (Å²) in [5, 5.41) is 8.84. The highest BCUT2D eigenvalue weighted by atomic mass is 16.4. The largest absolute Gasteiger partial charge is 0.480 e. The SMILES string of the molecule is CN(C)C(C)(CCN)C(=O)O. The summed E-state index contributed by atoms with van der Waals surface area (Å²) in [6.45, 7) is 2.06. The molecule has 0 aromatic carbocycles. The third-order valence-electron chi connectivity index (χ3n) is 2.08. The van der Waals surface area contributed by atoms with Gasteiger partial charge in [0.05, 0.1) is 0 Å². The molecule has 4 nitrogen and oxygen atoms in total. The molecular weight excluding hydrogens is 144 g/mol. The van der Waals surface area contributed by atoms with Crippen molar-refractivity contribution < 1.29 is 9.90 Å². The average Bonchev–Trinajstić information content (AvgIpc) is 1.87. The molecule has 1 unspecified atom stereocenters. The summed E-state index contributed by atoms with van der Waals surface area (Å²) in [5.74, 6) is -0.826. The summed E-state index contributed by atoms with van der Waals surface area (Å²) in [6, 6.07) is 0. The number of carboxylic acids is 1. The lowest BCUT2D eigenvalue weighted by atomic mass is 9.97. The van der Waals surface area contributed by atoms with Crippen LogP contribution in [0.25, 0.3) is 0 Å². The second kappa shape index (κ2) is 3.69. The Morgan fingerprint density at radius 2 is 2.09 bits per heavy atom. The third-order valence-corrected chi connectivity index (χ3v) is 2.08. The Morgan fingerprint density at radius 3 is 2.18 bits per heavy atom. The van der Waals surface area contributed by atoms with Gasteiger partial charge in [-0.1, -0.05) is 0 Å². The minimum absolute atomic E-state index is 0.390. The molecule has 0 saturated heterocycles. The first-order valence-corrected chi connectivity index (χ1v) is 3.56. The standard InChI is InChI=1S/C7H16N2O2/c1-7(4-5-8,6(10)11)9(2)3/h4-5,8H2,1-3H3,(H,10,11). The van der Waals surface area contributed by atoms with Gasteiger partial charge < -0.3 is 10.8 Å². The van der Waals surface area contributed by atoms with Gasteiger partial charge in [-0.2, -0.15) is 0 Å². The van der Waals surface area contributed by atoms with E-state index in [9.17, 15) is 4.79 Å². The van der Waals surface area contributed by atoms with Crippen LogP contribution in [0.2, 0.25) is 0 Å². The number of rotatable bonds is 4. The molecule has 0 bridgehead atoms. The Bertz CT molecular complexity index is 147. The van der Waals surface area contributed by atoms with Gasteiger partial charge in [0.1, 0.15) is 5.54 Å². The van der Waals surface area contributed by atoms with Crippen molar-refractivity contribution in [2.24, 2.45) is 5.73 Å². The molecule has 0 radical (unpaired) electrons. The van der Waals surface area contributed by atoms with E-state index in [2.05, 4.69) is 0 Å². The Hall–Kier alpha value is -0.610. The topological polar surface area (TPSA) is 66.6 Å². The van der Waals surface area contributed by atoms with Gasteiger partial charge in [0.2, 0.25) is 0 Å². The van der Waals surface area contributed by atoms with Crippen LogP contribution in [0.5, 0.6) is 0 Å². The van der Waals surface area contributed by atoms with Crippen molar-refractivity contribution in [1.82, 2.24) is 4.90 Å². The number of nitrogens with zero attached hydrogens (tertiary/aromatic N) is 1. The fourth-order valence-corrected chi connectivity index (χ4v) is 0.803. The zero-order chi connectivity index (χ0) is 9.07. The highest BCUT2D eigenvalue weighted by Gasteiger charge is 2.34. The first kappa shape index (κ1) is 10.4. The molecule has 0 amide bonds. The molecule has 3 N–H and O–H groups in total. The Morgan fingerprint density at radius 1 is 1.64 bits per heavy atom. The van der Waals surface area contributed by atoms with E-state index >= 15 is 0 Å². The highest BCUT2D eigenvalue weighted by Crippen LogP contribution is 2.15. The lowest BCUT2D eigenvalue weighted by molar-refractivity contribution is -0.149. The average molecular weight is 160 g/mol.